The van der Waals surface area contributed by atoms with Crippen molar-refractivity contribution in [1.82, 2.24) is 9.97 Å². The van der Waals surface area contributed by atoms with E-state index in [1.54, 1.807) is 59.0 Å². The van der Waals surface area contributed by atoms with Crippen LogP contribution in [0.25, 0.3) is 21.8 Å². The predicted molar refractivity (Wildman–Crippen MR) is 315 cm³/mol. The topological polar surface area (TPSA) is 180 Å². The number of methoxy groups -OCH3 is 4. The van der Waals surface area contributed by atoms with Gasteiger partial charge in [0.1, 0.15) is 54.4 Å². The Bertz CT molecular complexity index is 3700. The molecule has 412 valence electrons. The van der Waals surface area contributed by atoms with E-state index in [2.05, 4.69) is 9.97 Å². The minimum Gasteiger partial charge on any atom is -0.497 e. The lowest BCUT2D eigenvalue weighted by atomic mass is 9.99. The van der Waals surface area contributed by atoms with Crippen molar-refractivity contribution in [2.45, 2.75) is 32.8 Å². The van der Waals surface area contributed by atoms with E-state index in [1.807, 2.05) is 158 Å². The van der Waals surface area contributed by atoms with Crippen LogP contribution in [0.2, 0.25) is 10.0 Å². The van der Waals surface area contributed by atoms with E-state index in [9.17, 15) is 14.7 Å². The lowest BCUT2D eigenvalue weighted by Crippen LogP contribution is -2.08. The smallest absolute Gasteiger partial charge is 0.337 e. The molecule has 2 aromatic heterocycles. The Hall–Kier alpha value is -9.50. The number of carboxylic acids is 1. The normalized spacial score (nSPS) is 10.5. The third-order valence-corrected chi connectivity index (χ3v) is 13.4. The number of Topliss-reactive ketones (excluding diaryl/α,β-unsaturated/α-hetero) is 1. The van der Waals surface area contributed by atoms with Crippen molar-refractivity contribution in [1.29, 1.82) is 0 Å². The highest BCUT2D eigenvalue weighted by atomic mass is 35.5. The number of carboxylic acid groups (broad SMARTS) is 1. The average molecular weight is 1130 g/mol. The summed E-state index contributed by atoms with van der Waals surface area (Å²) in [6, 6.07) is 55.5. The molecule has 0 unspecified atom stereocenters. The summed E-state index contributed by atoms with van der Waals surface area (Å²) >= 11 is 13.2. The number of hydrogen-bond acceptors (Lipinski definition) is 13. The second kappa shape index (κ2) is 28.4. The highest BCUT2D eigenvalue weighted by molar-refractivity contribution is 6.36. The molecule has 0 aliphatic carbocycles. The van der Waals surface area contributed by atoms with Crippen LogP contribution in [-0.2, 0) is 32.8 Å². The summed E-state index contributed by atoms with van der Waals surface area (Å²) in [7, 11) is 6.44. The van der Waals surface area contributed by atoms with Crippen LogP contribution in [0.1, 0.15) is 48.5 Å². The van der Waals surface area contributed by atoms with Crippen LogP contribution in [0, 0.1) is 0 Å². The van der Waals surface area contributed by atoms with Gasteiger partial charge in [-0.15, -0.1) is 0 Å². The quantitative estimate of drug-likeness (QED) is 0.0543. The molecular formula is C65H57Cl2N3O11. The Morgan fingerprint density at radius 2 is 0.827 bits per heavy atom. The van der Waals surface area contributed by atoms with Crippen molar-refractivity contribution in [2.75, 3.05) is 34.2 Å². The maximum absolute atomic E-state index is 13.5. The molecule has 0 aliphatic rings. The molecule has 3 N–H and O–H groups in total. The number of hydrogen-bond donors (Lipinski definition) is 2. The summed E-state index contributed by atoms with van der Waals surface area (Å²) in [6.07, 6.45) is 3.68. The third kappa shape index (κ3) is 15.4. The van der Waals surface area contributed by atoms with Crippen molar-refractivity contribution in [3.05, 3.63) is 243 Å². The zero-order valence-electron chi connectivity index (χ0n) is 44.8. The third-order valence-electron chi connectivity index (χ3n) is 12.6. The van der Waals surface area contributed by atoms with Crippen molar-refractivity contribution in [2.24, 2.45) is 0 Å². The number of ketones is 1. The minimum absolute atomic E-state index is 0.0109. The molecule has 0 aliphatic heterocycles. The molecule has 0 spiro atoms. The number of nitrogens with zero attached hydrogens (tertiary/aromatic N) is 2. The monoisotopic (exact) mass is 1130 g/mol. The molecule has 81 heavy (non-hydrogen) atoms. The zero-order chi connectivity index (χ0) is 57.1. The number of benzene rings is 8. The van der Waals surface area contributed by atoms with Crippen LogP contribution >= 0.6 is 23.2 Å². The number of halogens is 2. The molecule has 0 saturated heterocycles. The number of carbonyl (C=O) groups is 2. The Morgan fingerprint density at radius 3 is 1.25 bits per heavy atom. The SMILES string of the molecule is COc1ccc(COc2ccc(C(=O)Cc3cccc4ncccc34)c(Cl)c2OCc2ccc(OC)cc2)cc1.COc1ccc(COc2ccc(C(=O)O)c(Cl)c2OCc2ccc(OC)cc2)cc1.Nc1cccc2ncccc12. The van der Waals surface area contributed by atoms with Gasteiger partial charge < -0.3 is 48.7 Å². The number of carbonyl (C=O) groups excluding carboxylic acids is 1. The largest absolute Gasteiger partial charge is 0.497 e. The Labute approximate surface area is 479 Å². The number of fused-ring (bicyclic) bond motifs is 2. The first kappa shape index (κ1) is 57.7. The first-order chi connectivity index (χ1) is 39.4. The number of aromatic nitrogens is 2. The second-order valence-electron chi connectivity index (χ2n) is 17.9. The van der Waals surface area contributed by atoms with Gasteiger partial charge in [-0.2, -0.15) is 0 Å². The Morgan fingerprint density at radius 1 is 0.444 bits per heavy atom. The summed E-state index contributed by atoms with van der Waals surface area (Å²) in [5.74, 6) is 3.02. The highest BCUT2D eigenvalue weighted by Gasteiger charge is 2.22. The fraction of sp³-hybridized carbons (Fsp3) is 0.138. The van der Waals surface area contributed by atoms with E-state index in [0.717, 1.165) is 78.3 Å². The van der Waals surface area contributed by atoms with Gasteiger partial charge in [-0.05, 0) is 137 Å². The Balaban J connectivity index is 0.000000183. The molecule has 14 nitrogen and oxygen atoms in total. The summed E-state index contributed by atoms with van der Waals surface area (Å²) < 4.78 is 44.8. The number of nitrogen functional groups attached to an aromatic ring is 1. The lowest BCUT2D eigenvalue weighted by molar-refractivity contribution is 0.0696. The van der Waals surface area contributed by atoms with E-state index in [4.69, 9.17) is 66.8 Å². The van der Waals surface area contributed by atoms with Crippen LogP contribution in [0.3, 0.4) is 0 Å². The van der Waals surface area contributed by atoms with Gasteiger partial charge in [-0.25, -0.2) is 4.79 Å². The second-order valence-corrected chi connectivity index (χ2v) is 18.6. The van der Waals surface area contributed by atoms with Crippen molar-refractivity contribution >= 4 is 62.4 Å². The number of anilines is 1. The maximum Gasteiger partial charge on any atom is 0.337 e. The van der Waals surface area contributed by atoms with Crippen molar-refractivity contribution in [3.63, 3.8) is 0 Å². The van der Waals surface area contributed by atoms with Gasteiger partial charge in [0.25, 0.3) is 0 Å². The number of pyridine rings is 2. The van der Waals surface area contributed by atoms with Crippen LogP contribution in [-0.4, -0.2) is 55.3 Å². The zero-order valence-corrected chi connectivity index (χ0v) is 46.3. The van der Waals surface area contributed by atoms with Gasteiger partial charge >= 0.3 is 5.97 Å². The maximum atomic E-state index is 13.5. The molecule has 8 aromatic carbocycles. The highest BCUT2D eigenvalue weighted by Crippen LogP contribution is 2.41. The molecule has 2 heterocycles. The number of ether oxygens (including phenoxy) is 8. The fourth-order valence-corrected chi connectivity index (χ4v) is 8.80. The molecular weight excluding hydrogens is 1070 g/mol. The van der Waals surface area contributed by atoms with E-state index in [0.29, 0.717) is 22.8 Å². The van der Waals surface area contributed by atoms with E-state index in [1.165, 1.54) is 6.07 Å². The lowest BCUT2D eigenvalue weighted by Gasteiger charge is -2.17. The molecule has 16 heteroatoms. The molecule has 0 radical (unpaired) electrons. The van der Waals surface area contributed by atoms with Crippen LogP contribution in [0.4, 0.5) is 5.69 Å². The molecule has 0 amide bonds. The average Bonchev–Trinajstić information content (AvgIpc) is 3.51. The van der Waals surface area contributed by atoms with Crippen LogP contribution in [0.15, 0.2) is 194 Å². The number of aromatic carboxylic acids is 1. The summed E-state index contributed by atoms with van der Waals surface area (Å²) in [5.41, 5.74) is 13.1. The summed E-state index contributed by atoms with van der Waals surface area (Å²) in [5, 5.41) is 11.5. The van der Waals surface area contributed by atoms with Gasteiger partial charge in [0.05, 0.1) is 50.1 Å². The predicted octanol–water partition coefficient (Wildman–Crippen LogP) is 14.5. The first-order valence-electron chi connectivity index (χ1n) is 25.3. The van der Waals surface area contributed by atoms with Gasteiger partial charge in [0.15, 0.2) is 28.8 Å². The molecule has 0 bridgehead atoms. The molecule has 10 aromatic rings. The molecule has 0 saturated carbocycles. The number of nitrogens with two attached hydrogens (primary N) is 1. The van der Waals surface area contributed by atoms with Gasteiger partial charge in [0, 0.05) is 40.8 Å². The minimum atomic E-state index is -1.14. The van der Waals surface area contributed by atoms with Crippen LogP contribution in [0.5, 0.6) is 46.0 Å². The number of rotatable bonds is 20. The Kier molecular flexibility index (Phi) is 20.2. The van der Waals surface area contributed by atoms with Crippen molar-refractivity contribution in [3.8, 4) is 46.0 Å². The van der Waals surface area contributed by atoms with E-state index in [-0.39, 0.29) is 60.0 Å². The van der Waals surface area contributed by atoms with E-state index >= 15 is 0 Å². The van der Waals surface area contributed by atoms with Gasteiger partial charge in [-0.1, -0.05) is 96.0 Å². The molecule has 0 atom stereocenters. The van der Waals surface area contributed by atoms with Crippen molar-refractivity contribution < 1.29 is 52.6 Å². The standard InChI is InChI=1S/C33H28ClNO5.C23H21ClO6.C9H8N2/c1-37-25-12-8-22(9-13-25)20-39-31-17-16-28(30(36)19-24-5-3-7-29-27(24)6-4-18-35-29)32(34)33(31)40-21-23-10-14-26(38-2)15-11-23;1-27-17-7-3-15(4-8-17)13-29-20-12-11-19(23(25)26)21(24)22(20)30-14-16-5-9-18(28-2)10-6-16;10-8-4-1-5-9-7(8)3-2-6-11-9/h3-18H,19-21H2,1-2H3;3-12H,13-14H2,1-2H3,(H,25,26);1-6H,10H2. The summed E-state index contributed by atoms with van der Waals surface area (Å²) in [4.78, 5) is 33.5. The van der Waals surface area contributed by atoms with Gasteiger partial charge in [-0.3, -0.25) is 14.8 Å². The molecule has 0 fully saturated rings. The van der Waals surface area contributed by atoms with Gasteiger partial charge in [0.2, 0.25) is 0 Å². The van der Waals surface area contributed by atoms with Crippen LogP contribution < -0.4 is 43.6 Å². The van der Waals surface area contributed by atoms with E-state index < -0.39 is 5.97 Å². The molecule has 10 rings (SSSR count). The first-order valence-corrected chi connectivity index (χ1v) is 26.1. The fourth-order valence-electron chi connectivity index (χ4n) is 8.19. The summed E-state index contributed by atoms with van der Waals surface area (Å²) in [6.45, 7) is 0.960.